The van der Waals surface area contributed by atoms with Gasteiger partial charge in [-0.3, -0.25) is 9.36 Å². The third-order valence-electron chi connectivity index (χ3n) is 8.02. The number of sulfonamides is 1. The molecule has 0 radical (unpaired) electrons. The summed E-state index contributed by atoms with van der Waals surface area (Å²) in [5.41, 5.74) is 0.961. The topological polar surface area (TPSA) is 102 Å². The standard InChI is InChI=1S/C33H35ClF3N3O5S2/c1-6-7-8-28(31(41)42)39(4)47(43,44)23-16-26(36)24(27(37)17-23)19-46-32-38-18-30(40(32)22-12-10-21(35)11-13-22)33(2,3)20-9-14-25(34)29(15-20)45-5/h9-18,28H,6-8,19H2,1-5H3,(H,41,42). The lowest BCUT2D eigenvalue weighted by Gasteiger charge is -2.28. The fraction of sp³-hybridized carbons (Fsp3) is 0.333. The highest BCUT2D eigenvalue weighted by Gasteiger charge is 2.34. The minimum Gasteiger partial charge on any atom is -0.495 e. The predicted molar refractivity (Wildman–Crippen MR) is 175 cm³/mol. The van der Waals surface area contributed by atoms with E-state index >= 15 is 8.78 Å². The number of aromatic nitrogens is 2. The molecule has 1 atom stereocenters. The molecule has 0 aliphatic carbocycles. The number of hydrogen-bond acceptors (Lipinski definition) is 6. The van der Waals surface area contributed by atoms with E-state index in [9.17, 15) is 22.7 Å². The van der Waals surface area contributed by atoms with E-state index in [0.717, 1.165) is 24.4 Å². The van der Waals surface area contributed by atoms with E-state index in [-0.39, 0.29) is 12.2 Å². The highest BCUT2D eigenvalue weighted by molar-refractivity contribution is 7.98. The summed E-state index contributed by atoms with van der Waals surface area (Å²) in [5, 5.41) is 10.4. The van der Waals surface area contributed by atoms with Gasteiger partial charge in [-0.25, -0.2) is 26.6 Å². The summed E-state index contributed by atoms with van der Waals surface area (Å²) in [5.74, 6) is -3.82. The number of hydrogen-bond donors (Lipinski definition) is 1. The zero-order valence-electron chi connectivity index (χ0n) is 26.4. The van der Waals surface area contributed by atoms with Crippen LogP contribution in [0.3, 0.4) is 0 Å². The van der Waals surface area contributed by atoms with Gasteiger partial charge in [0.2, 0.25) is 10.0 Å². The monoisotopic (exact) mass is 709 g/mol. The molecule has 0 spiro atoms. The lowest BCUT2D eigenvalue weighted by molar-refractivity contribution is -0.141. The average molecular weight is 710 g/mol. The van der Waals surface area contributed by atoms with Crippen LogP contribution in [0.5, 0.6) is 5.75 Å². The number of likely N-dealkylation sites (N-methyl/N-ethyl adjacent to an activating group) is 1. The maximum Gasteiger partial charge on any atom is 0.322 e. The van der Waals surface area contributed by atoms with Gasteiger partial charge in [0.05, 0.1) is 28.9 Å². The van der Waals surface area contributed by atoms with Gasteiger partial charge < -0.3 is 9.84 Å². The minimum atomic E-state index is -4.53. The van der Waals surface area contributed by atoms with E-state index in [4.69, 9.17) is 16.3 Å². The zero-order valence-corrected chi connectivity index (χ0v) is 28.8. The Kier molecular flexibility index (Phi) is 11.4. The summed E-state index contributed by atoms with van der Waals surface area (Å²) < 4.78 is 78.9. The van der Waals surface area contributed by atoms with Gasteiger partial charge in [-0.15, -0.1) is 0 Å². The van der Waals surface area contributed by atoms with E-state index in [0.29, 0.717) is 56.6 Å². The second kappa shape index (κ2) is 14.7. The molecule has 1 N–H and O–H groups in total. The molecule has 0 fully saturated rings. The van der Waals surface area contributed by atoms with Crippen LogP contribution in [0.15, 0.2) is 70.8 Å². The maximum atomic E-state index is 15.4. The number of unbranched alkanes of at least 4 members (excludes halogenated alkanes) is 1. The quantitative estimate of drug-likeness (QED) is 0.133. The first-order valence-electron chi connectivity index (χ1n) is 14.6. The Bertz CT molecular complexity index is 1840. The molecule has 0 amide bonds. The van der Waals surface area contributed by atoms with Crippen LogP contribution < -0.4 is 4.74 Å². The highest BCUT2D eigenvalue weighted by atomic mass is 35.5. The Balaban J connectivity index is 1.70. The summed E-state index contributed by atoms with van der Waals surface area (Å²) in [7, 11) is -1.95. The number of carbonyl (C=O) groups is 1. The van der Waals surface area contributed by atoms with Crippen LogP contribution in [0.1, 0.15) is 56.9 Å². The summed E-state index contributed by atoms with van der Waals surface area (Å²) in [6.07, 6.45) is 2.77. The number of benzene rings is 3. The number of carboxylic acid groups (broad SMARTS) is 1. The number of ether oxygens (including phenoxy) is 1. The SMILES string of the molecule is CCCCC(C(=O)O)N(C)S(=O)(=O)c1cc(F)c(CSc2ncc(C(C)(C)c3ccc(Cl)c(OC)c3)n2-c2ccc(F)cc2)c(F)c1. The van der Waals surface area contributed by atoms with Gasteiger partial charge in [0.25, 0.3) is 0 Å². The molecule has 0 saturated carbocycles. The maximum absolute atomic E-state index is 15.4. The Morgan fingerprint density at radius 3 is 2.32 bits per heavy atom. The molecule has 4 rings (SSSR count). The molecule has 8 nitrogen and oxygen atoms in total. The second-order valence-corrected chi connectivity index (χ2v) is 14.7. The first-order valence-corrected chi connectivity index (χ1v) is 17.4. The molecule has 252 valence electrons. The predicted octanol–water partition coefficient (Wildman–Crippen LogP) is 7.83. The molecule has 1 heterocycles. The van der Waals surface area contributed by atoms with Crippen molar-refractivity contribution in [1.82, 2.24) is 13.9 Å². The summed E-state index contributed by atoms with van der Waals surface area (Å²) in [4.78, 5) is 15.6. The number of carboxylic acids is 1. The molecule has 0 aliphatic heterocycles. The van der Waals surface area contributed by atoms with Gasteiger partial charge in [0.1, 0.15) is 29.2 Å². The third-order valence-corrected chi connectivity index (χ3v) is 11.2. The molecule has 1 unspecified atom stereocenters. The van der Waals surface area contributed by atoms with E-state index in [1.165, 1.54) is 19.2 Å². The van der Waals surface area contributed by atoms with Crippen molar-refractivity contribution in [2.45, 2.75) is 67.3 Å². The Labute approximate surface area is 281 Å². The smallest absolute Gasteiger partial charge is 0.322 e. The minimum absolute atomic E-state index is 0.0479. The fourth-order valence-electron chi connectivity index (χ4n) is 5.11. The number of aliphatic carboxylic acids is 1. The molecular weight excluding hydrogens is 675 g/mol. The van der Waals surface area contributed by atoms with Crippen LogP contribution in [-0.4, -0.2) is 53.5 Å². The van der Waals surface area contributed by atoms with Crippen LogP contribution in [0, 0.1) is 17.5 Å². The molecule has 0 saturated heterocycles. The molecule has 1 aromatic heterocycles. The molecule has 14 heteroatoms. The van der Waals surface area contributed by atoms with Crippen molar-refractivity contribution >= 4 is 39.4 Å². The molecule has 0 bridgehead atoms. The lowest BCUT2D eigenvalue weighted by atomic mass is 9.81. The van der Waals surface area contributed by atoms with Gasteiger partial charge in [-0.1, -0.05) is 63.0 Å². The van der Waals surface area contributed by atoms with Crippen LogP contribution in [0.2, 0.25) is 5.02 Å². The summed E-state index contributed by atoms with van der Waals surface area (Å²) in [6.45, 7) is 5.74. The Morgan fingerprint density at radius 1 is 1.11 bits per heavy atom. The van der Waals surface area contributed by atoms with Crippen LogP contribution >= 0.6 is 23.4 Å². The number of imidazole rings is 1. The van der Waals surface area contributed by atoms with Crippen molar-refractivity contribution in [2.75, 3.05) is 14.2 Å². The van der Waals surface area contributed by atoms with E-state index < -0.39 is 55.4 Å². The van der Waals surface area contributed by atoms with Crippen molar-refractivity contribution in [2.24, 2.45) is 0 Å². The first-order chi connectivity index (χ1) is 22.1. The van der Waals surface area contributed by atoms with E-state index in [2.05, 4.69) is 4.98 Å². The molecular formula is C33H35ClF3N3O5S2. The van der Waals surface area contributed by atoms with E-state index in [1.54, 1.807) is 35.0 Å². The Morgan fingerprint density at radius 2 is 1.74 bits per heavy atom. The Hall–Kier alpha value is -3.52. The molecule has 3 aromatic carbocycles. The number of halogens is 4. The van der Waals surface area contributed by atoms with Gasteiger partial charge in [0.15, 0.2) is 5.16 Å². The zero-order chi connectivity index (χ0) is 34.7. The van der Waals surface area contributed by atoms with Crippen molar-refractivity contribution < 1.29 is 36.2 Å². The van der Waals surface area contributed by atoms with Crippen molar-refractivity contribution in [3.05, 3.63) is 100 Å². The first kappa shape index (κ1) is 36.3. The summed E-state index contributed by atoms with van der Waals surface area (Å²) >= 11 is 7.26. The molecule has 0 aliphatic rings. The van der Waals surface area contributed by atoms with E-state index in [1.807, 2.05) is 26.8 Å². The summed E-state index contributed by atoms with van der Waals surface area (Å²) in [6, 6.07) is 11.1. The molecule has 47 heavy (non-hydrogen) atoms. The number of methoxy groups -OCH3 is 1. The number of thioether (sulfide) groups is 1. The van der Waals surface area contributed by atoms with Crippen molar-refractivity contribution in [3.63, 3.8) is 0 Å². The largest absolute Gasteiger partial charge is 0.495 e. The third kappa shape index (κ3) is 7.64. The molecule has 4 aromatic rings. The average Bonchev–Trinajstić information content (AvgIpc) is 3.45. The highest BCUT2D eigenvalue weighted by Crippen LogP contribution is 2.39. The van der Waals surface area contributed by atoms with Crippen LogP contribution in [0.4, 0.5) is 13.2 Å². The van der Waals surface area contributed by atoms with Gasteiger partial charge >= 0.3 is 5.97 Å². The number of nitrogens with zero attached hydrogens (tertiary/aromatic N) is 3. The van der Waals surface area contributed by atoms with Crippen LogP contribution in [-0.2, 0) is 26.0 Å². The number of rotatable bonds is 14. The van der Waals surface area contributed by atoms with Crippen LogP contribution in [0.25, 0.3) is 5.69 Å². The van der Waals surface area contributed by atoms with Crippen molar-refractivity contribution in [1.29, 1.82) is 0 Å². The normalized spacial score (nSPS) is 12.8. The van der Waals surface area contributed by atoms with Crippen molar-refractivity contribution in [3.8, 4) is 11.4 Å². The van der Waals surface area contributed by atoms with Gasteiger partial charge in [0, 0.05) is 29.5 Å². The fourth-order valence-corrected chi connectivity index (χ4v) is 7.68. The second-order valence-electron chi connectivity index (χ2n) is 11.4. The van der Waals surface area contributed by atoms with Gasteiger partial charge in [-0.2, -0.15) is 4.31 Å². The lowest BCUT2D eigenvalue weighted by Crippen LogP contribution is -2.42. The van der Waals surface area contributed by atoms with Gasteiger partial charge in [-0.05, 0) is 60.5 Å².